The molecule has 2 amide bonds. The molecule has 0 radical (unpaired) electrons. The number of fused-ring (bicyclic) bond motifs is 6. The van der Waals surface area contributed by atoms with E-state index >= 15 is 0 Å². The van der Waals surface area contributed by atoms with Gasteiger partial charge in [-0.3, -0.25) is 9.59 Å². The first kappa shape index (κ1) is 26.2. The Balaban J connectivity index is 1.46. The first-order valence-corrected chi connectivity index (χ1v) is 13.3. The quantitative estimate of drug-likeness (QED) is 0.383. The van der Waals surface area contributed by atoms with E-state index in [2.05, 4.69) is 15.5 Å². The highest BCUT2D eigenvalue weighted by molar-refractivity contribution is 5.95. The zero-order valence-corrected chi connectivity index (χ0v) is 22.3. The smallest absolute Gasteiger partial charge is 0.275 e. The third-order valence-corrected chi connectivity index (χ3v) is 7.18. The summed E-state index contributed by atoms with van der Waals surface area (Å²) in [4.78, 5) is 28.2. The number of aromatic nitrogens is 2. The number of rotatable bonds is 2. The summed E-state index contributed by atoms with van der Waals surface area (Å²) in [6, 6.07) is 18.3. The number of ether oxygens (including phenoxy) is 3. The van der Waals surface area contributed by atoms with Crippen LogP contribution in [0.4, 0.5) is 4.39 Å². The van der Waals surface area contributed by atoms with Crippen LogP contribution >= 0.6 is 0 Å². The van der Waals surface area contributed by atoms with Gasteiger partial charge in [0.1, 0.15) is 17.3 Å². The summed E-state index contributed by atoms with van der Waals surface area (Å²) >= 11 is 0. The van der Waals surface area contributed by atoms with Crippen molar-refractivity contribution in [3.63, 3.8) is 0 Å². The fourth-order valence-electron chi connectivity index (χ4n) is 5.21. The predicted octanol–water partition coefficient (Wildman–Crippen LogP) is 4.72. The maximum absolute atomic E-state index is 14.5. The summed E-state index contributed by atoms with van der Waals surface area (Å²) in [6.45, 7) is 0.983. The maximum atomic E-state index is 14.5. The Labute approximate surface area is 235 Å². The zero-order chi connectivity index (χ0) is 28.3. The lowest BCUT2D eigenvalue weighted by atomic mass is 9.87. The Morgan fingerprint density at radius 2 is 1.95 bits per heavy atom. The van der Waals surface area contributed by atoms with Crippen LogP contribution in [0.15, 0.2) is 72.9 Å². The molecule has 3 aliphatic rings. The molecule has 41 heavy (non-hydrogen) atoms. The van der Waals surface area contributed by atoms with E-state index < -0.39 is 17.8 Å². The van der Waals surface area contributed by atoms with Gasteiger partial charge >= 0.3 is 0 Å². The van der Waals surface area contributed by atoms with Crippen molar-refractivity contribution in [3.8, 4) is 23.0 Å². The van der Waals surface area contributed by atoms with E-state index in [1.807, 2.05) is 30.3 Å². The molecule has 4 aromatic rings. The normalized spacial score (nSPS) is 16.5. The molecule has 3 aromatic carbocycles. The first-order chi connectivity index (χ1) is 20.0. The molecule has 7 rings (SSSR count). The van der Waals surface area contributed by atoms with Crippen molar-refractivity contribution in [1.82, 2.24) is 20.4 Å². The molecule has 9 nitrogen and oxygen atoms in total. The molecule has 8 bridgehead atoms. The van der Waals surface area contributed by atoms with Crippen LogP contribution in [-0.2, 0) is 6.42 Å². The Hall–Kier alpha value is -4.99. The molecule has 1 N–H and O–H groups in total. The van der Waals surface area contributed by atoms with Crippen molar-refractivity contribution >= 4 is 11.8 Å². The number of nitrogens with zero attached hydrogens (tertiary/aromatic N) is 3. The summed E-state index contributed by atoms with van der Waals surface area (Å²) in [5.74, 6) is 0.525. The Morgan fingerprint density at radius 3 is 2.78 bits per heavy atom. The topological polar surface area (TPSA) is 103 Å². The van der Waals surface area contributed by atoms with E-state index in [1.54, 1.807) is 30.2 Å². The van der Waals surface area contributed by atoms with Crippen LogP contribution in [0, 0.1) is 5.82 Å². The van der Waals surface area contributed by atoms with Crippen molar-refractivity contribution in [2.45, 2.75) is 18.9 Å². The minimum atomic E-state index is -0.636. The van der Waals surface area contributed by atoms with Crippen molar-refractivity contribution in [2.75, 3.05) is 26.8 Å². The molecule has 0 aliphatic carbocycles. The Kier molecular flexibility index (Phi) is 7.20. The summed E-state index contributed by atoms with van der Waals surface area (Å²) in [5, 5.41) is 10.7. The fourth-order valence-corrected chi connectivity index (χ4v) is 5.21. The number of amides is 2. The van der Waals surface area contributed by atoms with Gasteiger partial charge in [-0.25, -0.2) is 4.39 Å². The van der Waals surface area contributed by atoms with E-state index in [0.29, 0.717) is 42.4 Å². The lowest BCUT2D eigenvalue weighted by Gasteiger charge is -2.38. The average Bonchev–Trinajstić information content (AvgIpc) is 3.00. The second kappa shape index (κ2) is 11.2. The first-order valence-electron chi connectivity index (χ1n) is 13.3. The van der Waals surface area contributed by atoms with Gasteiger partial charge in [-0.05, 0) is 84.1 Å². The molecule has 10 heteroatoms. The fraction of sp³-hybridized carbons (Fsp3) is 0.226. The zero-order valence-electron chi connectivity index (χ0n) is 22.3. The van der Waals surface area contributed by atoms with E-state index in [0.717, 1.165) is 16.7 Å². The van der Waals surface area contributed by atoms with E-state index in [4.69, 9.17) is 14.2 Å². The van der Waals surface area contributed by atoms with E-state index in [9.17, 15) is 14.0 Å². The summed E-state index contributed by atoms with van der Waals surface area (Å²) < 4.78 is 32.2. The summed E-state index contributed by atoms with van der Waals surface area (Å²) in [6.07, 6.45) is 2.58. The highest BCUT2D eigenvalue weighted by atomic mass is 19.1. The standard InChI is InChI=1S/C31H27FN4O5/c1-39-27-10-5-20-17-28(27)40-15-3-12-33-30(37)24-18-22(7-9-25(24)32)41-21-6-8-23-19(16-21)11-14-36(29(20)23)31(38)26-4-2-13-34-35-26/h2,4-10,13,16-18,29H,3,11-12,14-15H2,1H3,(H,33,37). The van der Waals surface area contributed by atoms with E-state index in [1.165, 1.54) is 24.4 Å². The molecule has 0 fully saturated rings. The molecule has 4 heterocycles. The highest BCUT2D eigenvalue weighted by Crippen LogP contribution is 2.41. The van der Waals surface area contributed by atoms with Crippen molar-refractivity contribution < 1.29 is 28.2 Å². The van der Waals surface area contributed by atoms with Crippen LogP contribution in [0.2, 0.25) is 0 Å². The molecular formula is C31H27FN4O5. The third-order valence-electron chi connectivity index (χ3n) is 7.18. The van der Waals surface area contributed by atoms with Crippen LogP contribution in [0.25, 0.3) is 0 Å². The SMILES string of the molecule is COc1ccc2cc1OCCCNC(=O)c1cc(ccc1F)Oc1ccc3c(c1)CCN(C(=O)c1cccnn1)C23. The monoisotopic (exact) mass is 554 g/mol. The minimum Gasteiger partial charge on any atom is -0.493 e. The Bertz CT molecular complexity index is 1610. The van der Waals surface area contributed by atoms with Gasteiger partial charge in [0.05, 0.1) is 25.3 Å². The average molecular weight is 555 g/mol. The number of halogens is 1. The Morgan fingerprint density at radius 1 is 1.10 bits per heavy atom. The maximum Gasteiger partial charge on any atom is 0.275 e. The second-order valence-electron chi connectivity index (χ2n) is 9.73. The number of carbonyl (C=O) groups is 2. The molecular weight excluding hydrogens is 527 g/mol. The predicted molar refractivity (Wildman–Crippen MR) is 147 cm³/mol. The van der Waals surface area contributed by atoms with Crippen LogP contribution in [0.3, 0.4) is 0 Å². The number of hydrogen-bond acceptors (Lipinski definition) is 7. The lowest BCUT2D eigenvalue weighted by molar-refractivity contribution is 0.0686. The van der Waals surface area contributed by atoms with Crippen LogP contribution in [-0.4, -0.2) is 53.7 Å². The molecule has 0 spiro atoms. The van der Waals surface area contributed by atoms with Gasteiger partial charge in [0, 0.05) is 19.3 Å². The van der Waals surface area contributed by atoms with Gasteiger partial charge in [-0.15, -0.1) is 5.10 Å². The summed E-state index contributed by atoms with van der Waals surface area (Å²) in [5.41, 5.74) is 2.92. The van der Waals surface area contributed by atoms with Gasteiger partial charge < -0.3 is 24.4 Å². The van der Waals surface area contributed by atoms with Crippen LogP contribution in [0.5, 0.6) is 23.0 Å². The largest absolute Gasteiger partial charge is 0.493 e. The lowest BCUT2D eigenvalue weighted by Crippen LogP contribution is -2.41. The number of benzene rings is 3. The van der Waals surface area contributed by atoms with Crippen LogP contribution < -0.4 is 19.5 Å². The van der Waals surface area contributed by atoms with Gasteiger partial charge in [-0.2, -0.15) is 5.10 Å². The molecule has 1 aromatic heterocycles. The molecule has 0 saturated heterocycles. The summed E-state index contributed by atoms with van der Waals surface area (Å²) in [7, 11) is 1.56. The third kappa shape index (κ3) is 5.28. The van der Waals surface area contributed by atoms with Gasteiger partial charge in [0.25, 0.3) is 11.8 Å². The van der Waals surface area contributed by atoms with Gasteiger partial charge in [0.2, 0.25) is 0 Å². The molecule has 1 atom stereocenters. The molecule has 3 aliphatic heterocycles. The van der Waals surface area contributed by atoms with Gasteiger partial charge in [-0.1, -0.05) is 12.1 Å². The number of hydrogen-bond donors (Lipinski definition) is 1. The molecule has 0 saturated carbocycles. The second-order valence-corrected chi connectivity index (χ2v) is 9.73. The van der Waals surface area contributed by atoms with Gasteiger partial charge in [0.15, 0.2) is 17.2 Å². The van der Waals surface area contributed by atoms with Crippen molar-refractivity contribution in [1.29, 1.82) is 0 Å². The van der Waals surface area contributed by atoms with E-state index in [-0.39, 0.29) is 30.3 Å². The number of methoxy groups -OCH3 is 1. The minimum absolute atomic E-state index is 0.102. The number of nitrogens with one attached hydrogen (secondary N) is 1. The molecule has 208 valence electrons. The number of carbonyl (C=O) groups excluding carboxylic acids is 2. The van der Waals surface area contributed by atoms with Crippen molar-refractivity contribution in [3.05, 3.63) is 107 Å². The molecule has 1 unspecified atom stereocenters. The highest BCUT2D eigenvalue weighted by Gasteiger charge is 2.34. The van der Waals surface area contributed by atoms with Crippen molar-refractivity contribution in [2.24, 2.45) is 0 Å². The van der Waals surface area contributed by atoms with Crippen LogP contribution in [0.1, 0.15) is 50.0 Å².